The number of carbonyl (C=O) groups excluding carboxylic acids is 1. The number of esters is 1. The lowest BCUT2D eigenvalue weighted by molar-refractivity contribution is -0.135. The Hall–Kier alpha value is -0.553. The molecule has 108 valence electrons. The average molecular weight is 347 g/mol. The van der Waals surface area contributed by atoms with Crippen molar-refractivity contribution in [1.29, 1.82) is 0 Å². The van der Waals surface area contributed by atoms with Crippen LogP contribution in [-0.2, 0) is 14.3 Å². The van der Waals surface area contributed by atoms with Crippen LogP contribution in [0.1, 0.15) is 13.3 Å². The first-order valence-electron chi connectivity index (χ1n) is 6.63. The number of hydrogen-bond donors (Lipinski definition) is 0. The highest BCUT2D eigenvalue weighted by Crippen LogP contribution is 2.27. The molecule has 0 N–H and O–H groups in total. The van der Waals surface area contributed by atoms with Gasteiger partial charge in [0, 0.05) is 25.4 Å². The zero-order chi connectivity index (χ0) is 14.5. The van der Waals surface area contributed by atoms with Gasteiger partial charge >= 0.3 is 5.97 Å². The molecule has 0 aromatic heterocycles. The van der Waals surface area contributed by atoms with E-state index >= 15 is 0 Å². The molecule has 0 aromatic rings. The normalized spacial score (nSPS) is 20.7. The lowest BCUT2D eigenvalue weighted by Crippen LogP contribution is -2.22. The van der Waals surface area contributed by atoms with Gasteiger partial charge in [0.1, 0.15) is 17.9 Å². The van der Waals surface area contributed by atoms with E-state index < -0.39 is 8.07 Å². The molecule has 3 nitrogen and oxygen atoms in total. The number of ether oxygens (including phenoxy) is 2. The van der Waals surface area contributed by atoms with E-state index in [2.05, 4.69) is 35.6 Å². The van der Waals surface area contributed by atoms with Crippen LogP contribution in [0.25, 0.3) is 0 Å². The molecule has 0 bridgehead atoms. The molecule has 1 fully saturated rings. The molecule has 0 amide bonds. The quantitative estimate of drug-likeness (QED) is 0.240. The Kier molecular flexibility index (Phi) is 6.33. The maximum atomic E-state index is 11.8. The number of halogens is 1. The van der Waals surface area contributed by atoms with E-state index in [9.17, 15) is 4.79 Å². The maximum absolute atomic E-state index is 11.8. The van der Waals surface area contributed by atoms with Crippen molar-refractivity contribution in [2.24, 2.45) is 0 Å². The molecule has 0 unspecified atom stereocenters. The van der Waals surface area contributed by atoms with Gasteiger partial charge in [0.15, 0.2) is 0 Å². The fourth-order valence-corrected chi connectivity index (χ4v) is 2.85. The molecule has 0 saturated carbocycles. The molecule has 5 heteroatoms. The van der Waals surface area contributed by atoms with Gasteiger partial charge in [-0.1, -0.05) is 41.6 Å². The lowest BCUT2D eigenvalue weighted by atomic mass is 10.1. The van der Waals surface area contributed by atoms with E-state index in [0.29, 0.717) is 25.2 Å². The Morgan fingerprint density at radius 3 is 2.68 bits per heavy atom. The van der Waals surface area contributed by atoms with Crippen LogP contribution in [0, 0.1) is 0 Å². The molecule has 1 rings (SSSR count). The summed E-state index contributed by atoms with van der Waals surface area (Å²) in [6.45, 7) is 9.92. The molecule has 19 heavy (non-hydrogen) atoms. The maximum Gasteiger partial charge on any atom is 0.342 e. The minimum absolute atomic E-state index is 0.253. The second-order valence-electron chi connectivity index (χ2n) is 5.79. The molecule has 0 atom stereocenters. The van der Waals surface area contributed by atoms with Crippen LogP contribution < -0.4 is 0 Å². The van der Waals surface area contributed by atoms with E-state index in [4.69, 9.17) is 9.47 Å². The molecule has 1 aliphatic rings. The summed E-state index contributed by atoms with van der Waals surface area (Å²) in [4.78, 5) is 11.8. The number of hydrogen-bond acceptors (Lipinski definition) is 3. The Morgan fingerprint density at radius 2 is 2.16 bits per heavy atom. The first-order chi connectivity index (χ1) is 8.89. The van der Waals surface area contributed by atoms with Crippen molar-refractivity contribution in [2.45, 2.75) is 39.0 Å². The van der Waals surface area contributed by atoms with Gasteiger partial charge in [0.05, 0.1) is 6.61 Å². The number of carbonyl (C=O) groups is 1. The van der Waals surface area contributed by atoms with E-state index in [1.807, 2.05) is 13.0 Å². The van der Waals surface area contributed by atoms with Gasteiger partial charge in [0.25, 0.3) is 0 Å². The van der Waals surface area contributed by atoms with Crippen LogP contribution in [0.15, 0.2) is 23.0 Å². The van der Waals surface area contributed by atoms with Crippen molar-refractivity contribution < 1.29 is 14.3 Å². The summed E-state index contributed by atoms with van der Waals surface area (Å²) in [5, 5.41) is 0.781. The van der Waals surface area contributed by atoms with Crippen molar-refractivity contribution in [3.05, 3.63) is 23.0 Å². The molecule has 0 radical (unpaired) electrons. The van der Waals surface area contributed by atoms with E-state index in [1.54, 1.807) is 0 Å². The van der Waals surface area contributed by atoms with Gasteiger partial charge in [-0.15, -0.1) is 0 Å². The number of rotatable bonds is 6. The predicted molar refractivity (Wildman–Crippen MR) is 84.3 cm³/mol. The third-order valence-electron chi connectivity index (χ3n) is 2.96. The molecule has 0 aliphatic carbocycles. The van der Waals surface area contributed by atoms with Crippen molar-refractivity contribution in [3.8, 4) is 0 Å². The van der Waals surface area contributed by atoms with E-state index in [1.165, 1.54) is 0 Å². The van der Waals surface area contributed by atoms with Gasteiger partial charge < -0.3 is 9.47 Å². The predicted octanol–water partition coefficient (Wildman–Crippen LogP) is 3.88. The summed E-state index contributed by atoms with van der Waals surface area (Å²) in [6, 6.07) is 1.09. The first kappa shape index (κ1) is 16.5. The standard InChI is InChI=1S/C14H23BrO3Si/c1-5-11-10-18-14(16)13(11)12(6-7-15)17-8-9-19(2,3)4/h5H,6-10H2,1-4H3/b11-5+,13-12-. The first-order valence-corrected chi connectivity index (χ1v) is 11.5. The highest BCUT2D eigenvalue weighted by molar-refractivity contribution is 9.09. The van der Waals surface area contributed by atoms with Crippen molar-refractivity contribution in [3.63, 3.8) is 0 Å². The number of cyclic esters (lactones) is 1. The summed E-state index contributed by atoms with van der Waals surface area (Å²) in [6.07, 6.45) is 2.64. The number of alkyl halides is 1. The largest absolute Gasteiger partial charge is 0.497 e. The minimum atomic E-state index is -1.12. The zero-order valence-corrected chi connectivity index (χ0v) is 14.8. The summed E-state index contributed by atoms with van der Waals surface area (Å²) in [7, 11) is -1.12. The molecule has 0 spiro atoms. The van der Waals surface area contributed by atoms with Crippen LogP contribution in [0.2, 0.25) is 25.7 Å². The Bertz CT molecular complexity index is 394. The average Bonchev–Trinajstić information content (AvgIpc) is 2.68. The molecule has 1 heterocycles. The SMILES string of the molecule is C/C=C1\COC(=O)\C1=C(\CCBr)OCC[Si](C)(C)C. The van der Waals surface area contributed by atoms with Gasteiger partial charge in [-0.2, -0.15) is 0 Å². The second-order valence-corrected chi connectivity index (χ2v) is 12.2. The van der Waals surface area contributed by atoms with Crippen LogP contribution in [0.5, 0.6) is 0 Å². The third kappa shape index (κ3) is 5.14. The Balaban J connectivity index is 2.83. The monoisotopic (exact) mass is 346 g/mol. The molecule has 0 aromatic carbocycles. The molecule has 1 saturated heterocycles. The topological polar surface area (TPSA) is 35.5 Å². The van der Waals surface area contributed by atoms with Crippen LogP contribution in [0.4, 0.5) is 0 Å². The molecular formula is C14H23BrO3Si. The zero-order valence-electron chi connectivity index (χ0n) is 12.2. The summed E-state index contributed by atoms with van der Waals surface area (Å²) < 4.78 is 11.0. The molecular weight excluding hydrogens is 324 g/mol. The smallest absolute Gasteiger partial charge is 0.342 e. The summed E-state index contributed by atoms with van der Waals surface area (Å²) in [5.74, 6) is 0.516. The second kappa shape index (κ2) is 7.29. The van der Waals surface area contributed by atoms with Gasteiger partial charge in [0.2, 0.25) is 0 Å². The van der Waals surface area contributed by atoms with Crippen molar-refractivity contribution in [1.82, 2.24) is 0 Å². The summed E-state index contributed by atoms with van der Waals surface area (Å²) in [5.41, 5.74) is 1.58. The van der Waals surface area contributed by atoms with Crippen LogP contribution in [0.3, 0.4) is 0 Å². The third-order valence-corrected chi connectivity index (χ3v) is 5.06. The van der Waals surface area contributed by atoms with Gasteiger partial charge in [-0.25, -0.2) is 4.79 Å². The fraction of sp³-hybridized carbons (Fsp3) is 0.643. The summed E-state index contributed by atoms with van der Waals surface area (Å²) >= 11 is 3.41. The highest BCUT2D eigenvalue weighted by Gasteiger charge is 2.28. The van der Waals surface area contributed by atoms with E-state index in [-0.39, 0.29) is 5.97 Å². The van der Waals surface area contributed by atoms with Crippen molar-refractivity contribution in [2.75, 3.05) is 18.5 Å². The lowest BCUT2D eigenvalue weighted by Gasteiger charge is -2.18. The van der Waals surface area contributed by atoms with Gasteiger partial charge in [-0.3, -0.25) is 0 Å². The number of allylic oxidation sites excluding steroid dienone is 2. The Morgan fingerprint density at radius 1 is 1.47 bits per heavy atom. The van der Waals surface area contributed by atoms with E-state index in [0.717, 1.165) is 22.7 Å². The van der Waals surface area contributed by atoms with Crippen molar-refractivity contribution >= 4 is 30.0 Å². The Labute approximate surface area is 125 Å². The fourth-order valence-electron chi connectivity index (χ4n) is 1.77. The molecule has 1 aliphatic heterocycles. The van der Waals surface area contributed by atoms with Crippen LogP contribution >= 0.6 is 15.9 Å². The van der Waals surface area contributed by atoms with Crippen LogP contribution in [-0.4, -0.2) is 32.6 Å². The van der Waals surface area contributed by atoms with Gasteiger partial charge in [-0.05, 0) is 13.0 Å². The highest BCUT2D eigenvalue weighted by atomic mass is 79.9. The minimum Gasteiger partial charge on any atom is -0.497 e.